The largest absolute Gasteiger partial charge is 0.317 e. The minimum atomic E-state index is -0.165. The lowest BCUT2D eigenvalue weighted by Crippen LogP contribution is -2.20. The Morgan fingerprint density at radius 2 is 2.10 bits per heavy atom. The van der Waals surface area contributed by atoms with E-state index in [0.717, 1.165) is 19.5 Å². The molecule has 2 nitrogen and oxygen atoms in total. The third-order valence-electron chi connectivity index (χ3n) is 1.48. The van der Waals surface area contributed by atoms with E-state index in [9.17, 15) is 0 Å². The van der Waals surface area contributed by atoms with Crippen molar-refractivity contribution in [3.8, 4) is 6.07 Å². The number of hydrogen-bond donors (Lipinski definition) is 1. The van der Waals surface area contributed by atoms with Gasteiger partial charge in [-0.05, 0) is 33.4 Å². The summed E-state index contributed by atoms with van der Waals surface area (Å²) in [6.45, 7) is 7.92. The fraction of sp³-hybridized carbons (Fsp3) is 0.875. The highest BCUT2D eigenvalue weighted by atomic mass is 14.8. The van der Waals surface area contributed by atoms with Crippen molar-refractivity contribution in [3.63, 3.8) is 0 Å². The van der Waals surface area contributed by atoms with Gasteiger partial charge in [-0.15, -0.1) is 0 Å². The fourth-order valence-electron chi connectivity index (χ4n) is 0.634. The molecule has 0 amide bonds. The van der Waals surface area contributed by atoms with E-state index in [1.807, 2.05) is 13.8 Å². The molecule has 1 N–H and O–H groups in total. The van der Waals surface area contributed by atoms with Crippen LogP contribution in [0.15, 0.2) is 0 Å². The smallest absolute Gasteiger partial charge is 0.0684 e. The van der Waals surface area contributed by atoms with Crippen molar-refractivity contribution in [1.29, 1.82) is 5.26 Å². The first-order chi connectivity index (χ1) is 4.62. The Hall–Kier alpha value is -0.550. The van der Waals surface area contributed by atoms with Crippen LogP contribution in [0.5, 0.6) is 0 Å². The maximum Gasteiger partial charge on any atom is 0.0684 e. The van der Waals surface area contributed by atoms with Gasteiger partial charge < -0.3 is 5.32 Å². The Morgan fingerprint density at radius 1 is 1.50 bits per heavy atom. The van der Waals surface area contributed by atoms with Crippen LogP contribution in [-0.4, -0.2) is 13.1 Å². The molecule has 0 aromatic rings. The van der Waals surface area contributed by atoms with Crippen LogP contribution in [0.2, 0.25) is 0 Å². The lowest BCUT2D eigenvalue weighted by molar-refractivity contribution is 0.436. The minimum absolute atomic E-state index is 0.165. The van der Waals surface area contributed by atoms with Gasteiger partial charge in [0.05, 0.1) is 11.5 Å². The molecule has 0 bridgehead atoms. The standard InChI is InChI=1S/C8H16N2/c1-4-10-6-5-8(2,3)7-9/h10H,4-6H2,1-3H3. The van der Waals surface area contributed by atoms with Gasteiger partial charge in [0.15, 0.2) is 0 Å². The average Bonchev–Trinajstić information content (AvgIpc) is 1.89. The zero-order valence-corrected chi connectivity index (χ0v) is 7.07. The highest BCUT2D eigenvalue weighted by Crippen LogP contribution is 2.16. The monoisotopic (exact) mass is 140 g/mol. The van der Waals surface area contributed by atoms with E-state index in [4.69, 9.17) is 5.26 Å². The van der Waals surface area contributed by atoms with Crippen molar-refractivity contribution in [2.24, 2.45) is 5.41 Å². The van der Waals surface area contributed by atoms with Crippen molar-refractivity contribution < 1.29 is 0 Å². The Bertz CT molecular complexity index is 122. The number of nitrogens with zero attached hydrogens (tertiary/aromatic N) is 1. The summed E-state index contributed by atoms with van der Waals surface area (Å²) < 4.78 is 0. The van der Waals surface area contributed by atoms with Crippen LogP contribution in [0, 0.1) is 16.7 Å². The van der Waals surface area contributed by atoms with Gasteiger partial charge in [-0.3, -0.25) is 0 Å². The molecule has 0 spiro atoms. The molecule has 0 saturated carbocycles. The molecule has 0 atom stereocenters. The van der Waals surface area contributed by atoms with Crippen molar-refractivity contribution in [2.45, 2.75) is 27.2 Å². The molecule has 0 aliphatic heterocycles. The minimum Gasteiger partial charge on any atom is -0.317 e. The van der Waals surface area contributed by atoms with Crippen molar-refractivity contribution >= 4 is 0 Å². The predicted octanol–water partition coefficient (Wildman–Crippen LogP) is 1.54. The van der Waals surface area contributed by atoms with Gasteiger partial charge in [0.1, 0.15) is 0 Å². The van der Waals surface area contributed by atoms with Crippen LogP contribution in [-0.2, 0) is 0 Å². The van der Waals surface area contributed by atoms with Crippen molar-refractivity contribution in [1.82, 2.24) is 5.32 Å². The molecule has 0 fully saturated rings. The second-order valence-corrected chi connectivity index (χ2v) is 3.10. The molecule has 58 valence electrons. The summed E-state index contributed by atoms with van der Waals surface area (Å²) in [5.41, 5.74) is -0.165. The zero-order valence-electron chi connectivity index (χ0n) is 7.07. The molecule has 0 aromatic heterocycles. The Kier molecular flexibility index (Phi) is 4.06. The van der Waals surface area contributed by atoms with Gasteiger partial charge in [0, 0.05) is 0 Å². The van der Waals surface area contributed by atoms with E-state index in [2.05, 4.69) is 18.3 Å². The third kappa shape index (κ3) is 4.34. The highest BCUT2D eigenvalue weighted by molar-refractivity contribution is 4.91. The molecular formula is C8H16N2. The lowest BCUT2D eigenvalue weighted by atomic mass is 9.92. The predicted molar refractivity (Wildman–Crippen MR) is 42.6 cm³/mol. The summed E-state index contributed by atoms with van der Waals surface area (Å²) in [7, 11) is 0. The number of nitriles is 1. The maximum absolute atomic E-state index is 8.62. The summed E-state index contributed by atoms with van der Waals surface area (Å²) in [5, 5.41) is 11.8. The molecule has 0 aliphatic carbocycles. The Labute approximate surface area is 63.2 Å². The molecule has 0 unspecified atom stereocenters. The molecule has 0 aromatic carbocycles. The molecule has 10 heavy (non-hydrogen) atoms. The normalized spacial score (nSPS) is 11.0. The first-order valence-corrected chi connectivity index (χ1v) is 3.74. The number of hydrogen-bond acceptors (Lipinski definition) is 2. The number of nitrogens with one attached hydrogen (secondary N) is 1. The van der Waals surface area contributed by atoms with Crippen LogP contribution < -0.4 is 5.32 Å². The molecule has 0 radical (unpaired) electrons. The molecule has 0 rings (SSSR count). The van der Waals surface area contributed by atoms with Crippen LogP contribution in [0.25, 0.3) is 0 Å². The van der Waals surface area contributed by atoms with Gasteiger partial charge in [-0.1, -0.05) is 6.92 Å². The van der Waals surface area contributed by atoms with Gasteiger partial charge in [-0.2, -0.15) is 5.26 Å². The topological polar surface area (TPSA) is 35.8 Å². The van der Waals surface area contributed by atoms with E-state index >= 15 is 0 Å². The Morgan fingerprint density at radius 3 is 2.50 bits per heavy atom. The highest BCUT2D eigenvalue weighted by Gasteiger charge is 2.14. The molecular weight excluding hydrogens is 124 g/mol. The first-order valence-electron chi connectivity index (χ1n) is 3.74. The molecule has 2 heteroatoms. The van der Waals surface area contributed by atoms with E-state index < -0.39 is 0 Å². The lowest BCUT2D eigenvalue weighted by Gasteiger charge is -2.14. The number of rotatable bonds is 4. The molecule has 0 heterocycles. The SMILES string of the molecule is CCNCCC(C)(C)C#N. The second-order valence-electron chi connectivity index (χ2n) is 3.10. The van der Waals surface area contributed by atoms with E-state index in [-0.39, 0.29) is 5.41 Å². The van der Waals surface area contributed by atoms with Gasteiger partial charge >= 0.3 is 0 Å². The third-order valence-corrected chi connectivity index (χ3v) is 1.48. The quantitative estimate of drug-likeness (QED) is 0.601. The van der Waals surface area contributed by atoms with Crippen LogP contribution in [0.1, 0.15) is 27.2 Å². The summed E-state index contributed by atoms with van der Waals surface area (Å²) in [5.74, 6) is 0. The van der Waals surface area contributed by atoms with Crippen LogP contribution >= 0.6 is 0 Å². The zero-order chi connectivity index (χ0) is 8.04. The van der Waals surface area contributed by atoms with Crippen LogP contribution in [0.4, 0.5) is 0 Å². The van der Waals surface area contributed by atoms with Crippen molar-refractivity contribution in [2.75, 3.05) is 13.1 Å². The van der Waals surface area contributed by atoms with Crippen molar-refractivity contribution in [3.05, 3.63) is 0 Å². The Balaban J connectivity index is 3.40. The van der Waals surface area contributed by atoms with E-state index in [1.165, 1.54) is 0 Å². The van der Waals surface area contributed by atoms with Gasteiger partial charge in [-0.25, -0.2) is 0 Å². The van der Waals surface area contributed by atoms with Crippen LogP contribution in [0.3, 0.4) is 0 Å². The second kappa shape index (κ2) is 4.29. The summed E-state index contributed by atoms with van der Waals surface area (Å²) in [4.78, 5) is 0. The maximum atomic E-state index is 8.62. The average molecular weight is 140 g/mol. The molecule has 0 saturated heterocycles. The van der Waals surface area contributed by atoms with Gasteiger partial charge in [0.25, 0.3) is 0 Å². The fourth-order valence-corrected chi connectivity index (χ4v) is 0.634. The van der Waals surface area contributed by atoms with E-state index in [1.54, 1.807) is 0 Å². The van der Waals surface area contributed by atoms with E-state index in [0.29, 0.717) is 0 Å². The molecule has 0 aliphatic rings. The summed E-state index contributed by atoms with van der Waals surface area (Å²) >= 11 is 0. The summed E-state index contributed by atoms with van der Waals surface area (Å²) in [6.07, 6.45) is 0.928. The summed E-state index contributed by atoms with van der Waals surface area (Å²) in [6, 6.07) is 2.26. The van der Waals surface area contributed by atoms with Gasteiger partial charge in [0.2, 0.25) is 0 Å². The first kappa shape index (κ1) is 9.45.